The van der Waals surface area contributed by atoms with E-state index in [0.717, 1.165) is 17.4 Å². The van der Waals surface area contributed by atoms with Gasteiger partial charge in [-0.3, -0.25) is 9.44 Å². The minimum atomic E-state index is -3.38. The zero-order valence-electron chi connectivity index (χ0n) is 16.9. The van der Waals surface area contributed by atoms with Crippen LogP contribution in [0.2, 0.25) is 5.02 Å². The number of carbonyl (C=O) groups excluding carboxylic acids is 1. The van der Waals surface area contributed by atoms with Crippen LogP contribution in [0.25, 0.3) is 0 Å². The third-order valence-electron chi connectivity index (χ3n) is 4.01. The number of rotatable bonds is 7. The highest BCUT2D eigenvalue weighted by Crippen LogP contribution is 2.25. The maximum atomic E-state index is 12.0. The Hall–Kier alpha value is -1.90. The average Bonchev–Trinajstić information content (AvgIpc) is 2.61. The molecule has 0 unspecified atom stereocenters. The highest BCUT2D eigenvalue weighted by molar-refractivity contribution is 7.97. The molecular formula is C20H26ClN3O3S2. The molecule has 29 heavy (non-hydrogen) atoms. The number of halogens is 1. The van der Waals surface area contributed by atoms with Gasteiger partial charge in [0.15, 0.2) is 0 Å². The predicted octanol–water partition coefficient (Wildman–Crippen LogP) is 4.66. The van der Waals surface area contributed by atoms with Crippen molar-refractivity contribution in [2.75, 3.05) is 11.0 Å². The lowest BCUT2D eigenvalue weighted by molar-refractivity contribution is 0.246. The molecule has 2 aromatic rings. The number of sulfonamides is 1. The number of nitrogens with one attached hydrogen (secondary N) is 3. The van der Waals surface area contributed by atoms with E-state index in [2.05, 4.69) is 47.7 Å². The number of carbonyl (C=O) groups is 1. The predicted molar refractivity (Wildman–Crippen MR) is 122 cm³/mol. The van der Waals surface area contributed by atoms with E-state index in [1.165, 1.54) is 17.5 Å². The normalized spacial score (nSPS) is 11.8. The Morgan fingerprint density at radius 1 is 1.07 bits per heavy atom. The standard InChI is InChI=1S/C20H26ClN3O3S2/c1-20(2,3)16-8-5-14(6-9-16)12-22-19(25)23-28-13-15-7-10-18(17(21)11-15)24-29(4,26)27/h5-11,24H,12-13H2,1-4H3,(H2,22,23,25). The molecule has 0 aliphatic heterocycles. The van der Waals surface area contributed by atoms with Crippen LogP contribution in [0.5, 0.6) is 0 Å². The first-order chi connectivity index (χ1) is 13.4. The van der Waals surface area contributed by atoms with Crippen LogP contribution < -0.4 is 14.8 Å². The summed E-state index contributed by atoms with van der Waals surface area (Å²) in [7, 11) is -3.38. The molecule has 0 aliphatic rings. The van der Waals surface area contributed by atoms with Crippen molar-refractivity contribution in [3.05, 3.63) is 64.2 Å². The molecule has 0 heterocycles. The number of anilines is 1. The molecule has 2 rings (SSSR count). The third-order valence-corrected chi connectivity index (χ3v) is 5.72. The lowest BCUT2D eigenvalue weighted by Crippen LogP contribution is -2.30. The van der Waals surface area contributed by atoms with Crippen molar-refractivity contribution in [3.8, 4) is 0 Å². The molecule has 0 saturated heterocycles. The Morgan fingerprint density at radius 3 is 2.24 bits per heavy atom. The number of amides is 2. The smallest absolute Gasteiger partial charge is 0.325 e. The van der Waals surface area contributed by atoms with E-state index in [1.807, 2.05) is 12.1 Å². The van der Waals surface area contributed by atoms with Gasteiger partial charge in [0.25, 0.3) is 0 Å². The summed E-state index contributed by atoms with van der Waals surface area (Å²) >= 11 is 7.32. The molecule has 0 aliphatic carbocycles. The van der Waals surface area contributed by atoms with Gasteiger partial charge in [-0.05, 0) is 46.2 Å². The fraction of sp³-hybridized carbons (Fsp3) is 0.350. The van der Waals surface area contributed by atoms with Crippen molar-refractivity contribution in [2.45, 2.75) is 38.5 Å². The quantitative estimate of drug-likeness (QED) is 0.530. The summed E-state index contributed by atoms with van der Waals surface area (Å²) in [5.74, 6) is 0.493. The van der Waals surface area contributed by atoms with Gasteiger partial charge in [0.1, 0.15) is 0 Å². The van der Waals surface area contributed by atoms with Gasteiger partial charge in [-0.1, -0.05) is 62.7 Å². The van der Waals surface area contributed by atoms with Crippen LogP contribution in [0.3, 0.4) is 0 Å². The van der Waals surface area contributed by atoms with Crippen molar-refractivity contribution < 1.29 is 13.2 Å². The van der Waals surface area contributed by atoms with E-state index in [0.29, 0.717) is 23.0 Å². The van der Waals surface area contributed by atoms with Gasteiger partial charge in [0.2, 0.25) is 10.0 Å². The molecule has 6 nitrogen and oxygen atoms in total. The van der Waals surface area contributed by atoms with Crippen LogP contribution in [-0.2, 0) is 27.7 Å². The highest BCUT2D eigenvalue weighted by Gasteiger charge is 2.13. The van der Waals surface area contributed by atoms with Gasteiger partial charge in [0.05, 0.1) is 17.0 Å². The molecule has 3 N–H and O–H groups in total. The van der Waals surface area contributed by atoms with Crippen LogP contribution >= 0.6 is 23.5 Å². The van der Waals surface area contributed by atoms with Crippen LogP contribution in [-0.4, -0.2) is 20.7 Å². The number of hydrogen-bond donors (Lipinski definition) is 3. The lowest BCUT2D eigenvalue weighted by Gasteiger charge is -2.19. The van der Waals surface area contributed by atoms with Crippen LogP contribution in [0.4, 0.5) is 10.5 Å². The molecule has 2 aromatic carbocycles. The van der Waals surface area contributed by atoms with E-state index in [1.54, 1.807) is 18.2 Å². The van der Waals surface area contributed by atoms with E-state index in [-0.39, 0.29) is 11.4 Å². The monoisotopic (exact) mass is 455 g/mol. The molecular weight excluding hydrogens is 430 g/mol. The molecule has 0 saturated carbocycles. The number of urea groups is 1. The second-order valence-corrected chi connectivity index (χ2v) is 10.6. The lowest BCUT2D eigenvalue weighted by atomic mass is 9.87. The fourth-order valence-electron chi connectivity index (χ4n) is 2.46. The largest absolute Gasteiger partial charge is 0.333 e. The van der Waals surface area contributed by atoms with Gasteiger partial charge in [-0.15, -0.1) is 0 Å². The summed E-state index contributed by atoms with van der Waals surface area (Å²) in [6, 6.07) is 12.9. The Balaban J connectivity index is 1.78. The summed E-state index contributed by atoms with van der Waals surface area (Å²) in [5, 5.41) is 3.12. The molecule has 0 atom stereocenters. The van der Waals surface area contributed by atoms with Crippen LogP contribution in [0.1, 0.15) is 37.5 Å². The van der Waals surface area contributed by atoms with Crippen molar-refractivity contribution in [3.63, 3.8) is 0 Å². The first-order valence-corrected chi connectivity index (χ1v) is 12.2. The van der Waals surface area contributed by atoms with E-state index in [9.17, 15) is 13.2 Å². The Kier molecular flexibility index (Phi) is 7.85. The minimum Gasteiger partial charge on any atom is -0.333 e. The summed E-state index contributed by atoms with van der Waals surface area (Å²) in [5.41, 5.74) is 3.56. The van der Waals surface area contributed by atoms with Crippen molar-refractivity contribution in [1.29, 1.82) is 0 Å². The molecule has 0 bridgehead atoms. The fourth-order valence-corrected chi connectivity index (χ4v) is 3.96. The van der Waals surface area contributed by atoms with E-state index < -0.39 is 10.0 Å². The highest BCUT2D eigenvalue weighted by atomic mass is 35.5. The molecule has 9 heteroatoms. The average molecular weight is 456 g/mol. The van der Waals surface area contributed by atoms with Gasteiger partial charge in [-0.2, -0.15) is 0 Å². The summed E-state index contributed by atoms with van der Waals surface area (Å²) in [6.07, 6.45) is 1.06. The number of benzene rings is 2. The van der Waals surface area contributed by atoms with Crippen molar-refractivity contribution >= 4 is 45.3 Å². The first-order valence-electron chi connectivity index (χ1n) is 8.95. The maximum Gasteiger partial charge on any atom is 0.325 e. The zero-order chi connectivity index (χ0) is 21.7. The third kappa shape index (κ3) is 8.16. The van der Waals surface area contributed by atoms with Crippen LogP contribution in [0.15, 0.2) is 42.5 Å². The van der Waals surface area contributed by atoms with E-state index in [4.69, 9.17) is 11.6 Å². The molecule has 0 fully saturated rings. The topological polar surface area (TPSA) is 87.3 Å². The summed E-state index contributed by atoms with van der Waals surface area (Å²) in [4.78, 5) is 12.0. The summed E-state index contributed by atoms with van der Waals surface area (Å²) in [6.45, 7) is 6.92. The Labute approximate surface area is 182 Å². The van der Waals surface area contributed by atoms with Gasteiger partial charge >= 0.3 is 6.03 Å². The second-order valence-electron chi connectivity index (χ2n) is 7.71. The van der Waals surface area contributed by atoms with E-state index >= 15 is 0 Å². The Bertz CT molecular complexity index is 956. The Morgan fingerprint density at radius 2 is 1.69 bits per heavy atom. The van der Waals surface area contributed by atoms with Crippen molar-refractivity contribution in [1.82, 2.24) is 10.0 Å². The first kappa shape index (κ1) is 23.4. The van der Waals surface area contributed by atoms with Gasteiger partial charge < -0.3 is 5.32 Å². The second kappa shape index (κ2) is 9.73. The minimum absolute atomic E-state index is 0.0991. The molecule has 158 valence electrons. The molecule has 0 aromatic heterocycles. The summed E-state index contributed by atoms with van der Waals surface area (Å²) < 4.78 is 27.6. The SMILES string of the molecule is CC(C)(C)c1ccc(CNC(=O)NSCc2ccc(NS(C)(=O)=O)c(Cl)c2)cc1. The van der Waals surface area contributed by atoms with Crippen molar-refractivity contribution in [2.24, 2.45) is 0 Å². The van der Waals surface area contributed by atoms with Crippen LogP contribution in [0, 0.1) is 0 Å². The van der Waals surface area contributed by atoms with Gasteiger partial charge in [0, 0.05) is 12.3 Å². The zero-order valence-corrected chi connectivity index (χ0v) is 19.3. The number of hydrogen-bond acceptors (Lipinski definition) is 4. The molecule has 0 spiro atoms. The molecule has 2 amide bonds. The maximum absolute atomic E-state index is 12.0. The molecule has 0 radical (unpaired) electrons. The van der Waals surface area contributed by atoms with Gasteiger partial charge in [-0.25, -0.2) is 13.2 Å².